The number of benzene rings is 2. The maximum atomic E-state index is 13.3. The zero-order valence-electron chi connectivity index (χ0n) is 16.6. The molecule has 2 aromatic carbocycles. The fourth-order valence-corrected chi connectivity index (χ4v) is 3.90. The van der Waals surface area contributed by atoms with Crippen molar-refractivity contribution >= 4 is 23.4 Å². The quantitative estimate of drug-likeness (QED) is 0.743. The van der Waals surface area contributed by atoms with Crippen LogP contribution in [0.5, 0.6) is 5.75 Å². The smallest absolute Gasteiger partial charge is 0.255 e. The van der Waals surface area contributed by atoms with E-state index in [1.807, 2.05) is 12.1 Å². The van der Waals surface area contributed by atoms with Crippen LogP contribution in [0.4, 0.5) is 4.39 Å². The summed E-state index contributed by atoms with van der Waals surface area (Å²) in [5.74, 6) is 0.0841. The summed E-state index contributed by atoms with van der Waals surface area (Å²) in [6, 6.07) is 11.3. The predicted molar refractivity (Wildman–Crippen MR) is 112 cm³/mol. The van der Waals surface area contributed by atoms with E-state index >= 15 is 0 Å². The highest BCUT2D eigenvalue weighted by Gasteiger charge is 2.27. The third-order valence-corrected chi connectivity index (χ3v) is 5.77. The Morgan fingerprint density at radius 1 is 1.17 bits per heavy atom. The van der Waals surface area contributed by atoms with Crippen molar-refractivity contribution in [3.8, 4) is 5.75 Å². The molecule has 2 aromatic rings. The number of nitrogens with zero attached hydrogens (tertiary/aromatic N) is 1. The summed E-state index contributed by atoms with van der Waals surface area (Å²) in [4.78, 5) is 26.8. The normalized spacial score (nSPS) is 18.7. The number of ether oxygens (including phenoxy) is 1. The van der Waals surface area contributed by atoms with Gasteiger partial charge < -0.3 is 15.0 Å². The third kappa shape index (κ3) is 5.11. The highest BCUT2D eigenvalue weighted by molar-refractivity contribution is 6.33. The molecule has 0 spiro atoms. The number of hydrogen-bond donors (Lipinski definition) is 1. The number of piperidine rings is 1. The van der Waals surface area contributed by atoms with E-state index in [1.54, 1.807) is 17.0 Å². The Morgan fingerprint density at radius 2 is 2.00 bits per heavy atom. The zero-order chi connectivity index (χ0) is 21.1. The molecule has 30 heavy (non-hydrogen) atoms. The number of carbonyl (C=O) groups is 2. The fourth-order valence-electron chi connectivity index (χ4n) is 3.66. The maximum Gasteiger partial charge on any atom is 0.255 e. The van der Waals surface area contributed by atoms with Gasteiger partial charge in [0, 0.05) is 30.6 Å². The topological polar surface area (TPSA) is 58.6 Å². The van der Waals surface area contributed by atoms with Crippen LogP contribution in [0, 0.1) is 11.7 Å². The van der Waals surface area contributed by atoms with E-state index in [2.05, 4.69) is 5.32 Å². The van der Waals surface area contributed by atoms with Crippen LogP contribution >= 0.6 is 11.6 Å². The van der Waals surface area contributed by atoms with Crippen molar-refractivity contribution in [2.24, 2.45) is 5.92 Å². The van der Waals surface area contributed by atoms with Gasteiger partial charge in [0.2, 0.25) is 0 Å². The molecule has 1 aliphatic carbocycles. The summed E-state index contributed by atoms with van der Waals surface area (Å²) in [6.45, 7) is 1.64. The van der Waals surface area contributed by atoms with E-state index in [1.165, 1.54) is 12.1 Å². The molecule has 1 heterocycles. The average molecular weight is 431 g/mol. The molecule has 5 nitrogen and oxygen atoms in total. The number of rotatable bonds is 6. The van der Waals surface area contributed by atoms with E-state index in [9.17, 15) is 14.0 Å². The number of likely N-dealkylation sites (tertiary alicyclic amines) is 1. The molecule has 1 atom stereocenters. The van der Waals surface area contributed by atoms with Gasteiger partial charge in [0.05, 0.1) is 17.2 Å². The Hall–Kier alpha value is -2.60. The second-order valence-electron chi connectivity index (χ2n) is 7.97. The van der Waals surface area contributed by atoms with Crippen LogP contribution in [0.25, 0.3) is 0 Å². The van der Waals surface area contributed by atoms with E-state index in [0.29, 0.717) is 42.6 Å². The second kappa shape index (κ2) is 9.04. The molecule has 0 bridgehead atoms. The van der Waals surface area contributed by atoms with Crippen molar-refractivity contribution < 1.29 is 18.7 Å². The fraction of sp³-hybridized carbons (Fsp3) is 0.391. The van der Waals surface area contributed by atoms with Crippen molar-refractivity contribution in [2.75, 3.05) is 19.7 Å². The van der Waals surface area contributed by atoms with Crippen LogP contribution in [0.15, 0.2) is 42.5 Å². The van der Waals surface area contributed by atoms with Gasteiger partial charge in [0.25, 0.3) is 11.8 Å². The Balaban J connectivity index is 1.34. The van der Waals surface area contributed by atoms with Crippen molar-refractivity contribution in [3.05, 3.63) is 64.4 Å². The Kier molecular flexibility index (Phi) is 6.23. The van der Waals surface area contributed by atoms with Crippen molar-refractivity contribution in [1.82, 2.24) is 10.2 Å². The largest absolute Gasteiger partial charge is 0.493 e. The van der Waals surface area contributed by atoms with Crippen molar-refractivity contribution in [1.29, 1.82) is 0 Å². The molecule has 1 N–H and O–H groups in total. The minimum atomic E-state index is -0.463. The van der Waals surface area contributed by atoms with Gasteiger partial charge in [-0.3, -0.25) is 9.59 Å². The van der Waals surface area contributed by atoms with Crippen LogP contribution in [-0.2, 0) is 0 Å². The lowest BCUT2D eigenvalue weighted by Gasteiger charge is -2.33. The molecule has 2 aliphatic rings. The number of halogens is 2. The molecule has 1 aliphatic heterocycles. The molecular weight excluding hydrogens is 407 g/mol. The summed E-state index contributed by atoms with van der Waals surface area (Å²) >= 11 is 6.05. The molecule has 0 radical (unpaired) electrons. The first-order chi connectivity index (χ1) is 14.5. The van der Waals surface area contributed by atoms with Gasteiger partial charge >= 0.3 is 0 Å². The van der Waals surface area contributed by atoms with Gasteiger partial charge in [0.1, 0.15) is 11.6 Å². The van der Waals surface area contributed by atoms with E-state index in [-0.39, 0.29) is 22.8 Å². The lowest BCUT2D eigenvalue weighted by Crippen LogP contribution is -2.41. The van der Waals surface area contributed by atoms with Crippen LogP contribution < -0.4 is 10.1 Å². The standard InChI is InChI=1S/C23H24ClFN2O3/c24-21-12-17(25)6-9-20(21)23(29)27-10-2-3-15(13-27)14-30-19-5-1-4-16(11-19)22(28)26-18-7-8-18/h1,4-6,9,11-12,15,18H,2-3,7-8,10,13-14H2,(H,26,28)/t15-/m1/s1. The molecular formula is C23H24ClFN2O3. The number of carbonyl (C=O) groups excluding carboxylic acids is 2. The number of amides is 2. The maximum absolute atomic E-state index is 13.3. The van der Waals surface area contributed by atoms with E-state index in [0.717, 1.165) is 31.7 Å². The van der Waals surface area contributed by atoms with Gasteiger partial charge in [-0.15, -0.1) is 0 Å². The lowest BCUT2D eigenvalue weighted by atomic mass is 9.98. The molecule has 0 aromatic heterocycles. The Morgan fingerprint density at radius 3 is 2.77 bits per heavy atom. The predicted octanol–water partition coefficient (Wildman–Crippen LogP) is 4.30. The Labute approximate surface area is 180 Å². The third-order valence-electron chi connectivity index (χ3n) is 5.46. The molecule has 1 saturated carbocycles. The van der Waals surface area contributed by atoms with Crippen LogP contribution in [0.3, 0.4) is 0 Å². The highest BCUT2D eigenvalue weighted by atomic mass is 35.5. The summed E-state index contributed by atoms with van der Waals surface area (Å²) < 4.78 is 19.2. The van der Waals surface area contributed by atoms with Gasteiger partial charge in [-0.05, 0) is 62.1 Å². The molecule has 158 valence electrons. The molecule has 0 unspecified atom stereocenters. The van der Waals surface area contributed by atoms with E-state index in [4.69, 9.17) is 16.3 Å². The van der Waals surface area contributed by atoms with Crippen LogP contribution in [-0.4, -0.2) is 42.5 Å². The average Bonchev–Trinajstić information content (AvgIpc) is 3.56. The molecule has 2 amide bonds. The molecule has 7 heteroatoms. The summed E-state index contributed by atoms with van der Waals surface area (Å²) in [5, 5.41) is 3.10. The molecule has 4 rings (SSSR count). The summed E-state index contributed by atoms with van der Waals surface area (Å²) in [5.41, 5.74) is 0.903. The number of nitrogens with one attached hydrogen (secondary N) is 1. The first kappa shape index (κ1) is 20.7. The highest BCUT2D eigenvalue weighted by Crippen LogP contribution is 2.25. The van der Waals surface area contributed by atoms with Gasteiger partial charge in [-0.25, -0.2) is 4.39 Å². The molecule has 1 saturated heterocycles. The lowest BCUT2D eigenvalue weighted by molar-refractivity contribution is 0.0633. The SMILES string of the molecule is O=C(NC1CC1)c1cccc(OC[C@@H]2CCCN(C(=O)c3ccc(F)cc3Cl)C2)c1. The zero-order valence-corrected chi connectivity index (χ0v) is 17.3. The molecule has 2 fully saturated rings. The first-order valence-electron chi connectivity index (χ1n) is 10.3. The van der Waals surface area contributed by atoms with Crippen LogP contribution in [0.1, 0.15) is 46.4 Å². The van der Waals surface area contributed by atoms with Gasteiger partial charge in [-0.1, -0.05) is 17.7 Å². The van der Waals surface area contributed by atoms with Crippen LogP contribution in [0.2, 0.25) is 5.02 Å². The minimum Gasteiger partial charge on any atom is -0.493 e. The Bertz CT molecular complexity index is 948. The van der Waals surface area contributed by atoms with E-state index < -0.39 is 5.82 Å². The number of hydrogen-bond acceptors (Lipinski definition) is 3. The monoisotopic (exact) mass is 430 g/mol. The second-order valence-corrected chi connectivity index (χ2v) is 8.38. The minimum absolute atomic E-state index is 0.0754. The van der Waals surface area contributed by atoms with Crippen molar-refractivity contribution in [2.45, 2.75) is 31.7 Å². The summed E-state index contributed by atoms with van der Waals surface area (Å²) in [7, 11) is 0. The van der Waals surface area contributed by atoms with Crippen molar-refractivity contribution in [3.63, 3.8) is 0 Å². The summed E-state index contributed by atoms with van der Waals surface area (Å²) in [6.07, 6.45) is 3.90. The van der Waals surface area contributed by atoms with Gasteiger partial charge in [-0.2, -0.15) is 0 Å². The first-order valence-corrected chi connectivity index (χ1v) is 10.7. The van der Waals surface area contributed by atoms with Gasteiger partial charge in [0.15, 0.2) is 0 Å².